The molecule has 3 rings (SSSR count). The molecule has 0 saturated heterocycles. The molecule has 0 fully saturated rings. The van der Waals surface area contributed by atoms with Gasteiger partial charge in [-0.3, -0.25) is 9.59 Å². The molecule has 1 aliphatic rings. The van der Waals surface area contributed by atoms with Gasteiger partial charge in [0, 0.05) is 6.42 Å². The SMILES string of the molecule is NC(=O)C(NC(=O)C1CC(c2ccccc2)=NO1)c1ccccc1. The maximum absolute atomic E-state index is 12.4. The predicted molar refractivity (Wildman–Crippen MR) is 89.0 cm³/mol. The highest BCUT2D eigenvalue weighted by atomic mass is 16.6. The van der Waals surface area contributed by atoms with Crippen LogP contribution in [0.4, 0.5) is 0 Å². The number of nitrogens with two attached hydrogens (primary N) is 1. The zero-order valence-electron chi connectivity index (χ0n) is 12.9. The topological polar surface area (TPSA) is 93.8 Å². The second kappa shape index (κ2) is 6.95. The smallest absolute Gasteiger partial charge is 0.265 e. The summed E-state index contributed by atoms with van der Waals surface area (Å²) in [6.07, 6.45) is -0.429. The van der Waals surface area contributed by atoms with E-state index < -0.39 is 24.0 Å². The number of carbonyl (C=O) groups is 2. The lowest BCUT2D eigenvalue weighted by Gasteiger charge is -2.17. The van der Waals surface area contributed by atoms with Crippen LogP contribution in [-0.2, 0) is 14.4 Å². The number of hydrogen-bond donors (Lipinski definition) is 2. The molecule has 0 spiro atoms. The second-order valence-corrected chi connectivity index (χ2v) is 5.46. The van der Waals surface area contributed by atoms with Crippen molar-refractivity contribution in [1.29, 1.82) is 0 Å². The Hall–Kier alpha value is -3.15. The summed E-state index contributed by atoms with van der Waals surface area (Å²) in [5.41, 5.74) is 7.64. The third-order valence-corrected chi connectivity index (χ3v) is 3.77. The molecule has 3 N–H and O–H groups in total. The standard InChI is InChI=1S/C18H17N3O3/c19-17(22)16(13-9-5-2-6-10-13)20-18(23)15-11-14(21-24-15)12-7-3-1-4-8-12/h1-10,15-16H,11H2,(H2,19,22)(H,20,23). The number of amides is 2. The molecule has 0 bridgehead atoms. The predicted octanol–water partition coefficient (Wildman–Crippen LogP) is 1.52. The van der Waals surface area contributed by atoms with Gasteiger partial charge in [0.2, 0.25) is 12.0 Å². The van der Waals surface area contributed by atoms with Gasteiger partial charge in [-0.05, 0) is 11.1 Å². The number of carbonyl (C=O) groups excluding carboxylic acids is 2. The number of primary amides is 1. The van der Waals surface area contributed by atoms with Gasteiger partial charge in [-0.25, -0.2) is 0 Å². The highest BCUT2D eigenvalue weighted by Crippen LogP contribution is 2.18. The number of benzene rings is 2. The molecule has 2 aromatic rings. The lowest BCUT2D eigenvalue weighted by atomic mass is 10.0. The molecular formula is C18H17N3O3. The lowest BCUT2D eigenvalue weighted by molar-refractivity contribution is -0.134. The van der Waals surface area contributed by atoms with Crippen LogP contribution in [0.2, 0.25) is 0 Å². The van der Waals surface area contributed by atoms with Crippen LogP contribution >= 0.6 is 0 Å². The van der Waals surface area contributed by atoms with E-state index in [1.165, 1.54) is 0 Å². The van der Waals surface area contributed by atoms with Gasteiger partial charge in [0.25, 0.3) is 5.91 Å². The summed E-state index contributed by atoms with van der Waals surface area (Å²) < 4.78 is 0. The largest absolute Gasteiger partial charge is 0.382 e. The Kier molecular flexibility index (Phi) is 4.56. The van der Waals surface area contributed by atoms with Crippen LogP contribution in [0, 0.1) is 0 Å². The first kappa shape index (κ1) is 15.7. The lowest BCUT2D eigenvalue weighted by Crippen LogP contribution is -2.42. The van der Waals surface area contributed by atoms with E-state index in [4.69, 9.17) is 10.6 Å². The molecule has 1 aliphatic heterocycles. The van der Waals surface area contributed by atoms with Crippen LogP contribution < -0.4 is 11.1 Å². The van der Waals surface area contributed by atoms with E-state index in [2.05, 4.69) is 10.5 Å². The Labute approximate surface area is 139 Å². The third-order valence-electron chi connectivity index (χ3n) is 3.77. The first-order valence-corrected chi connectivity index (χ1v) is 7.58. The average molecular weight is 323 g/mol. The second-order valence-electron chi connectivity index (χ2n) is 5.46. The van der Waals surface area contributed by atoms with Crippen molar-refractivity contribution >= 4 is 17.5 Å². The summed E-state index contributed by atoms with van der Waals surface area (Å²) in [7, 11) is 0. The normalized spacial score (nSPS) is 17.5. The number of rotatable bonds is 5. The Bertz CT molecular complexity index is 760. The minimum Gasteiger partial charge on any atom is -0.382 e. The van der Waals surface area contributed by atoms with Crippen molar-refractivity contribution in [1.82, 2.24) is 5.32 Å². The molecule has 2 unspecified atom stereocenters. The first-order valence-electron chi connectivity index (χ1n) is 7.58. The van der Waals surface area contributed by atoms with Crippen LogP contribution in [0.1, 0.15) is 23.6 Å². The van der Waals surface area contributed by atoms with Gasteiger partial charge in [0.05, 0.1) is 5.71 Å². The van der Waals surface area contributed by atoms with E-state index >= 15 is 0 Å². The quantitative estimate of drug-likeness (QED) is 0.873. The number of nitrogens with zero attached hydrogens (tertiary/aromatic N) is 1. The van der Waals surface area contributed by atoms with E-state index in [9.17, 15) is 9.59 Å². The van der Waals surface area contributed by atoms with Crippen molar-refractivity contribution in [3.05, 3.63) is 71.8 Å². The van der Waals surface area contributed by atoms with Crippen LogP contribution in [-0.4, -0.2) is 23.6 Å². The van der Waals surface area contributed by atoms with Crippen LogP contribution in [0.5, 0.6) is 0 Å². The van der Waals surface area contributed by atoms with Gasteiger partial charge >= 0.3 is 0 Å². The summed E-state index contributed by atoms with van der Waals surface area (Å²) in [6.45, 7) is 0. The maximum Gasteiger partial charge on any atom is 0.265 e. The molecule has 6 heteroatoms. The zero-order chi connectivity index (χ0) is 16.9. The Morgan fingerprint density at radius 1 is 1.08 bits per heavy atom. The van der Waals surface area contributed by atoms with Gasteiger partial charge in [0.15, 0.2) is 0 Å². The van der Waals surface area contributed by atoms with E-state index in [1.807, 2.05) is 36.4 Å². The maximum atomic E-state index is 12.4. The Morgan fingerprint density at radius 3 is 2.33 bits per heavy atom. The summed E-state index contributed by atoms with van der Waals surface area (Å²) in [6, 6.07) is 17.4. The van der Waals surface area contributed by atoms with E-state index in [0.29, 0.717) is 17.7 Å². The average Bonchev–Trinajstić information content (AvgIpc) is 3.11. The van der Waals surface area contributed by atoms with Crippen molar-refractivity contribution in [2.24, 2.45) is 10.9 Å². The molecule has 0 radical (unpaired) electrons. The van der Waals surface area contributed by atoms with Gasteiger partial charge < -0.3 is 15.9 Å². The highest BCUT2D eigenvalue weighted by Gasteiger charge is 2.31. The number of oxime groups is 1. The molecule has 2 aromatic carbocycles. The third kappa shape index (κ3) is 3.43. The summed E-state index contributed by atoms with van der Waals surface area (Å²) in [5, 5.41) is 6.61. The molecule has 6 nitrogen and oxygen atoms in total. The fourth-order valence-corrected chi connectivity index (χ4v) is 2.52. The summed E-state index contributed by atoms with van der Waals surface area (Å²) in [4.78, 5) is 29.3. The molecule has 1 heterocycles. The highest BCUT2D eigenvalue weighted by molar-refractivity contribution is 6.04. The molecule has 2 amide bonds. The van der Waals surface area contributed by atoms with E-state index in [1.54, 1.807) is 24.3 Å². The van der Waals surface area contributed by atoms with Crippen LogP contribution in [0.25, 0.3) is 0 Å². The molecule has 0 saturated carbocycles. The van der Waals surface area contributed by atoms with E-state index in [0.717, 1.165) is 5.56 Å². The monoisotopic (exact) mass is 323 g/mol. The van der Waals surface area contributed by atoms with Gasteiger partial charge in [-0.2, -0.15) is 0 Å². The molecule has 0 aliphatic carbocycles. The van der Waals surface area contributed by atoms with Crippen LogP contribution in [0.15, 0.2) is 65.8 Å². The van der Waals surface area contributed by atoms with Crippen LogP contribution in [0.3, 0.4) is 0 Å². The molecular weight excluding hydrogens is 306 g/mol. The van der Waals surface area contributed by atoms with Gasteiger partial charge in [-0.15, -0.1) is 0 Å². The van der Waals surface area contributed by atoms with Crippen molar-refractivity contribution in [3.8, 4) is 0 Å². The van der Waals surface area contributed by atoms with Crippen molar-refractivity contribution in [2.75, 3.05) is 0 Å². The number of hydrogen-bond acceptors (Lipinski definition) is 4. The minimum atomic E-state index is -0.900. The van der Waals surface area contributed by atoms with Gasteiger partial charge in [-0.1, -0.05) is 65.8 Å². The minimum absolute atomic E-state index is 0.343. The molecule has 24 heavy (non-hydrogen) atoms. The van der Waals surface area contributed by atoms with E-state index in [-0.39, 0.29) is 0 Å². The Balaban J connectivity index is 1.66. The zero-order valence-corrected chi connectivity index (χ0v) is 12.9. The molecule has 122 valence electrons. The molecule has 0 aromatic heterocycles. The Morgan fingerprint density at radius 2 is 1.71 bits per heavy atom. The summed E-state index contributed by atoms with van der Waals surface area (Å²) >= 11 is 0. The molecule has 2 atom stereocenters. The summed E-state index contributed by atoms with van der Waals surface area (Å²) in [5.74, 6) is -1.05. The van der Waals surface area contributed by atoms with Crippen molar-refractivity contribution in [2.45, 2.75) is 18.6 Å². The van der Waals surface area contributed by atoms with Crippen molar-refractivity contribution < 1.29 is 14.4 Å². The first-order chi connectivity index (χ1) is 11.6. The van der Waals surface area contributed by atoms with Gasteiger partial charge in [0.1, 0.15) is 6.04 Å². The number of nitrogens with one attached hydrogen (secondary N) is 1. The fraction of sp³-hybridized carbons (Fsp3) is 0.167. The van der Waals surface area contributed by atoms with Crippen molar-refractivity contribution in [3.63, 3.8) is 0 Å². The fourth-order valence-electron chi connectivity index (χ4n) is 2.52.